The van der Waals surface area contributed by atoms with E-state index in [4.69, 9.17) is 0 Å². The second-order valence-corrected chi connectivity index (χ2v) is 2.68. The van der Waals surface area contributed by atoms with Crippen LogP contribution in [-0.2, 0) is 11.3 Å². The van der Waals surface area contributed by atoms with Gasteiger partial charge in [-0.25, -0.2) is 10.1 Å². The summed E-state index contributed by atoms with van der Waals surface area (Å²) in [5.74, 6) is 0. The van der Waals surface area contributed by atoms with Crippen molar-refractivity contribution >= 4 is 6.09 Å². The van der Waals surface area contributed by atoms with Crippen LogP contribution in [0.5, 0.6) is 0 Å². The average molecular weight is 219 g/mol. The number of nitrogens with one attached hydrogen (secondary N) is 1. The van der Waals surface area contributed by atoms with Crippen LogP contribution in [0.15, 0.2) is 30.3 Å². The minimum absolute atomic E-state index is 0.192. The van der Waals surface area contributed by atoms with E-state index in [9.17, 15) is 18.0 Å². The van der Waals surface area contributed by atoms with Crippen LogP contribution < -0.4 is 5.32 Å². The van der Waals surface area contributed by atoms with Crippen LogP contribution in [-0.4, -0.2) is 12.4 Å². The predicted molar refractivity (Wildman–Crippen MR) is 45.8 cm³/mol. The van der Waals surface area contributed by atoms with E-state index in [-0.39, 0.29) is 6.61 Å². The summed E-state index contributed by atoms with van der Waals surface area (Å²) in [6.07, 6.45) is -6.26. The summed E-state index contributed by atoms with van der Waals surface area (Å²) in [5, 5.41) is 0.728. The van der Waals surface area contributed by atoms with Gasteiger partial charge in [0.25, 0.3) is 0 Å². The van der Waals surface area contributed by atoms with Crippen molar-refractivity contribution in [3.8, 4) is 0 Å². The monoisotopic (exact) mass is 219 g/mol. The highest BCUT2D eigenvalue weighted by atomic mass is 19.4. The van der Waals surface area contributed by atoms with Crippen LogP contribution in [0.3, 0.4) is 0 Å². The molecular weight excluding hydrogens is 211 g/mol. The van der Waals surface area contributed by atoms with Crippen molar-refractivity contribution in [1.82, 2.24) is 5.32 Å². The zero-order chi connectivity index (χ0) is 11.3. The molecular formula is C9H8F3NO2. The van der Waals surface area contributed by atoms with E-state index in [0.29, 0.717) is 5.56 Å². The lowest BCUT2D eigenvalue weighted by molar-refractivity contribution is -0.150. The minimum atomic E-state index is -4.76. The fourth-order valence-electron chi connectivity index (χ4n) is 0.875. The smallest absolute Gasteiger partial charge is 0.445 e. The molecule has 82 valence electrons. The number of carbonyl (C=O) groups is 1. The van der Waals surface area contributed by atoms with Gasteiger partial charge in [-0.1, -0.05) is 30.3 Å². The fourth-order valence-corrected chi connectivity index (χ4v) is 0.875. The maximum absolute atomic E-state index is 11.6. The van der Waals surface area contributed by atoms with Gasteiger partial charge in [0.15, 0.2) is 0 Å². The second-order valence-electron chi connectivity index (χ2n) is 2.68. The lowest BCUT2D eigenvalue weighted by Crippen LogP contribution is -2.37. The Hall–Kier alpha value is -1.72. The van der Waals surface area contributed by atoms with Crippen LogP contribution >= 0.6 is 0 Å². The van der Waals surface area contributed by atoms with Gasteiger partial charge in [0.2, 0.25) is 0 Å². The third-order valence-electron chi connectivity index (χ3n) is 1.46. The van der Waals surface area contributed by atoms with Crippen molar-refractivity contribution < 1.29 is 22.7 Å². The number of alkyl halides is 3. The van der Waals surface area contributed by atoms with Crippen LogP contribution in [0.4, 0.5) is 18.0 Å². The van der Waals surface area contributed by atoms with Gasteiger partial charge in [-0.2, -0.15) is 13.2 Å². The molecule has 0 unspecified atom stereocenters. The summed E-state index contributed by atoms with van der Waals surface area (Å²) in [6, 6.07) is 8.42. The summed E-state index contributed by atoms with van der Waals surface area (Å²) in [5.41, 5.74) is 0.620. The number of ether oxygens (including phenoxy) is 1. The normalized spacial score (nSPS) is 10.9. The highest BCUT2D eigenvalue weighted by Crippen LogP contribution is 2.10. The molecule has 1 N–H and O–H groups in total. The van der Waals surface area contributed by atoms with E-state index in [1.165, 1.54) is 0 Å². The molecule has 1 aromatic rings. The predicted octanol–water partition coefficient (Wildman–Crippen LogP) is 2.43. The molecule has 0 atom stereocenters. The Kier molecular flexibility index (Phi) is 3.54. The van der Waals surface area contributed by atoms with E-state index in [1.54, 1.807) is 30.3 Å². The van der Waals surface area contributed by atoms with Crippen LogP contribution in [0.1, 0.15) is 5.56 Å². The average Bonchev–Trinajstić information content (AvgIpc) is 2.14. The Bertz CT molecular complexity index is 324. The van der Waals surface area contributed by atoms with Gasteiger partial charge in [0.1, 0.15) is 6.61 Å². The minimum Gasteiger partial charge on any atom is -0.445 e. The van der Waals surface area contributed by atoms with Crippen molar-refractivity contribution in [3.05, 3.63) is 35.9 Å². The Labute approximate surface area is 83.8 Å². The van der Waals surface area contributed by atoms with E-state index in [0.717, 1.165) is 5.32 Å². The number of carbonyl (C=O) groups excluding carboxylic acids is 1. The third-order valence-corrected chi connectivity index (χ3v) is 1.46. The van der Waals surface area contributed by atoms with Crippen LogP contribution in [0.2, 0.25) is 0 Å². The topological polar surface area (TPSA) is 38.3 Å². The first kappa shape index (κ1) is 11.4. The largest absolute Gasteiger partial charge is 0.487 e. The molecule has 0 saturated heterocycles. The molecule has 0 radical (unpaired) electrons. The van der Waals surface area contributed by atoms with Crippen LogP contribution in [0, 0.1) is 0 Å². The highest BCUT2D eigenvalue weighted by Gasteiger charge is 2.30. The molecule has 0 heterocycles. The lowest BCUT2D eigenvalue weighted by Gasteiger charge is -2.08. The van der Waals surface area contributed by atoms with Crippen LogP contribution in [0.25, 0.3) is 0 Å². The van der Waals surface area contributed by atoms with E-state index < -0.39 is 12.4 Å². The first-order valence-electron chi connectivity index (χ1n) is 4.03. The Morgan fingerprint density at radius 3 is 2.40 bits per heavy atom. The molecule has 15 heavy (non-hydrogen) atoms. The van der Waals surface area contributed by atoms with Gasteiger partial charge in [0.05, 0.1) is 0 Å². The molecule has 0 aliphatic heterocycles. The zero-order valence-corrected chi connectivity index (χ0v) is 7.54. The summed E-state index contributed by atoms with van der Waals surface area (Å²) in [4.78, 5) is 10.6. The van der Waals surface area contributed by atoms with Gasteiger partial charge in [0, 0.05) is 0 Å². The zero-order valence-electron chi connectivity index (χ0n) is 7.54. The molecule has 0 bridgehead atoms. The quantitative estimate of drug-likeness (QED) is 0.776. The number of hydrogen-bond acceptors (Lipinski definition) is 2. The number of hydrogen-bond donors (Lipinski definition) is 1. The maximum Gasteiger partial charge on any atom is 0.487 e. The third kappa shape index (κ3) is 4.90. The molecule has 0 saturated carbocycles. The van der Waals surface area contributed by atoms with Crippen molar-refractivity contribution in [2.24, 2.45) is 0 Å². The molecule has 0 aromatic heterocycles. The highest BCUT2D eigenvalue weighted by molar-refractivity contribution is 5.67. The molecule has 0 fully saturated rings. The van der Waals surface area contributed by atoms with E-state index >= 15 is 0 Å². The molecule has 1 rings (SSSR count). The van der Waals surface area contributed by atoms with Crippen molar-refractivity contribution in [1.29, 1.82) is 0 Å². The molecule has 6 heteroatoms. The number of halogens is 3. The van der Waals surface area contributed by atoms with Gasteiger partial charge < -0.3 is 4.74 Å². The molecule has 1 aromatic carbocycles. The van der Waals surface area contributed by atoms with Gasteiger partial charge in [-0.15, -0.1) is 0 Å². The Morgan fingerprint density at radius 1 is 1.27 bits per heavy atom. The van der Waals surface area contributed by atoms with Gasteiger partial charge in [-0.05, 0) is 5.56 Å². The SMILES string of the molecule is O=C(NC(F)(F)F)OCc1ccccc1. The fraction of sp³-hybridized carbons (Fsp3) is 0.222. The summed E-state index contributed by atoms with van der Waals surface area (Å²) in [6.45, 7) is -0.192. The molecule has 0 aliphatic carbocycles. The second kappa shape index (κ2) is 4.68. The first-order chi connectivity index (χ1) is 6.97. The molecule has 0 aliphatic rings. The van der Waals surface area contributed by atoms with Crippen molar-refractivity contribution in [2.45, 2.75) is 12.9 Å². The Balaban J connectivity index is 2.35. The molecule has 1 amide bonds. The summed E-state index contributed by atoms with van der Waals surface area (Å²) < 4.78 is 39.2. The number of amides is 1. The van der Waals surface area contributed by atoms with Gasteiger partial charge in [-0.3, -0.25) is 0 Å². The summed E-state index contributed by atoms with van der Waals surface area (Å²) in [7, 11) is 0. The maximum atomic E-state index is 11.6. The Morgan fingerprint density at radius 2 is 1.87 bits per heavy atom. The lowest BCUT2D eigenvalue weighted by atomic mass is 10.2. The molecule has 3 nitrogen and oxygen atoms in total. The van der Waals surface area contributed by atoms with Crippen molar-refractivity contribution in [2.75, 3.05) is 0 Å². The standard InChI is InChI=1S/C9H8F3NO2/c10-9(11,12)13-8(14)15-6-7-4-2-1-3-5-7/h1-5H,6H2,(H,13,14). The number of benzene rings is 1. The van der Waals surface area contributed by atoms with E-state index in [1.807, 2.05) is 0 Å². The molecule has 0 spiro atoms. The van der Waals surface area contributed by atoms with E-state index in [2.05, 4.69) is 4.74 Å². The summed E-state index contributed by atoms with van der Waals surface area (Å²) >= 11 is 0. The van der Waals surface area contributed by atoms with Gasteiger partial charge >= 0.3 is 12.4 Å². The van der Waals surface area contributed by atoms with Crippen molar-refractivity contribution in [3.63, 3.8) is 0 Å². The number of alkyl carbamates (subject to hydrolysis) is 1. The number of rotatable bonds is 2. The first-order valence-corrected chi connectivity index (χ1v) is 4.03.